The Hall–Kier alpha value is -2.18. The summed E-state index contributed by atoms with van der Waals surface area (Å²) in [4.78, 5) is 26.7. The Bertz CT molecular complexity index is 486. The highest BCUT2D eigenvalue weighted by Gasteiger charge is 2.23. The van der Waals surface area contributed by atoms with Gasteiger partial charge < -0.3 is 20.1 Å². The molecule has 7 heteroatoms. The first-order chi connectivity index (χ1) is 8.92. The Kier molecular flexibility index (Phi) is 4.80. The van der Waals surface area contributed by atoms with Gasteiger partial charge in [-0.1, -0.05) is 13.8 Å². The average Bonchev–Trinajstić information content (AvgIpc) is 2.39. The first kappa shape index (κ1) is 14.9. The molecule has 104 valence electrons. The van der Waals surface area contributed by atoms with Gasteiger partial charge in [-0.3, -0.25) is 0 Å². The third kappa shape index (κ3) is 3.18. The van der Waals surface area contributed by atoms with E-state index in [1.807, 2.05) is 13.8 Å². The van der Waals surface area contributed by atoms with E-state index in [1.54, 1.807) is 11.9 Å². The third-order valence-corrected chi connectivity index (χ3v) is 3.16. The number of aromatic carboxylic acids is 1. The van der Waals surface area contributed by atoms with Crippen LogP contribution >= 0.6 is 0 Å². The quantitative estimate of drug-likeness (QED) is 0.627. The van der Waals surface area contributed by atoms with Crippen molar-refractivity contribution in [2.45, 2.75) is 32.7 Å². The zero-order valence-electron chi connectivity index (χ0n) is 11.2. The standard InChI is InChI=1S/C12H17N3O4/c1-4-8(5-2)14(3)10-7-13-11(15(18)19)6-9(10)12(16)17/h6-8H,4-5H2,1-3H3,(H,16,17). The van der Waals surface area contributed by atoms with Gasteiger partial charge in [0.15, 0.2) is 6.20 Å². The predicted molar refractivity (Wildman–Crippen MR) is 70.6 cm³/mol. The van der Waals surface area contributed by atoms with Gasteiger partial charge >= 0.3 is 11.8 Å². The number of carboxylic acids is 1. The van der Waals surface area contributed by atoms with Crippen molar-refractivity contribution < 1.29 is 14.8 Å². The largest absolute Gasteiger partial charge is 0.478 e. The van der Waals surface area contributed by atoms with E-state index in [9.17, 15) is 20.0 Å². The van der Waals surface area contributed by atoms with Crippen LogP contribution in [0, 0.1) is 10.1 Å². The van der Waals surface area contributed by atoms with Gasteiger partial charge in [0.2, 0.25) is 0 Å². The van der Waals surface area contributed by atoms with E-state index >= 15 is 0 Å². The molecule has 0 saturated heterocycles. The lowest BCUT2D eigenvalue weighted by molar-refractivity contribution is -0.389. The summed E-state index contributed by atoms with van der Waals surface area (Å²) in [5.74, 6) is -1.66. The van der Waals surface area contributed by atoms with Crippen LogP contribution in [0.3, 0.4) is 0 Å². The number of hydrogen-bond acceptors (Lipinski definition) is 5. The number of pyridine rings is 1. The fourth-order valence-corrected chi connectivity index (χ4v) is 2.02. The molecule has 0 radical (unpaired) electrons. The normalized spacial score (nSPS) is 10.5. The Morgan fingerprint density at radius 3 is 2.53 bits per heavy atom. The molecule has 1 aromatic rings. The number of rotatable bonds is 6. The van der Waals surface area contributed by atoms with Crippen LogP contribution in [0.5, 0.6) is 0 Å². The summed E-state index contributed by atoms with van der Waals surface area (Å²) < 4.78 is 0. The van der Waals surface area contributed by atoms with E-state index in [0.717, 1.165) is 18.9 Å². The maximum absolute atomic E-state index is 11.2. The highest BCUT2D eigenvalue weighted by molar-refractivity contribution is 5.94. The minimum atomic E-state index is -1.20. The molecule has 0 spiro atoms. The lowest BCUT2D eigenvalue weighted by Gasteiger charge is -2.28. The van der Waals surface area contributed by atoms with Crippen molar-refractivity contribution in [2.75, 3.05) is 11.9 Å². The van der Waals surface area contributed by atoms with E-state index in [-0.39, 0.29) is 11.6 Å². The maximum atomic E-state index is 11.2. The van der Waals surface area contributed by atoms with Gasteiger partial charge in [0.05, 0.1) is 17.3 Å². The maximum Gasteiger partial charge on any atom is 0.364 e. The molecule has 0 bridgehead atoms. The van der Waals surface area contributed by atoms with Gasteiger partial charge in [-0.25, -0.2) is 4.79 Å². The molecule has 1 N–H and O–H groups in total. The molecular weight excluding hydrogens is 250 g/mol. The number of nitro groups is 1. The summed E-state index contributed by atoms with van der Waals surface area (Å²) >= 11 is 0. The van der Waals surface area contributed by atoms with Crippen molar-refractivity contribution in [3.63, 3.8) is 0 Å². The fraction of sp³-hybridized carbons (Fsp3) is 0.500. The van der Waals surface area contributed by atoms with E-state index in [4.69, 9.17) is 0 Å². The second-order valence-corrected chi connectivity index (χ2v) is 4.20. The lowest BCUT2D eigenvalue weighted by Crippen LogP contribution is -2.31. The second-order valence-electron chi connectivity index (χ2n) is 4.20. The van der Waals surface area contributed by atoms with E-state index in [1.165, 1.54) is 6.20 Å². The SMILES string of the molecule is CCC(CC)N(C)c1cnc([N+](=O)[O-])cc1C(=O)O. The van der Waals surface area contributed by atoms with Crippen molar-refractivity contribution in [3.05, 3.63) is 27.9 Å². The van der Waals surface area contributed by atoms with Crippen LogP contribution in [0.1, 0.15) is 37.0 Å². The minimum absolute atomic E-state index is 0.101. The van der Waals surface area contributed by atoms with Gasteiger partial charge in [0.1, 0.15) is 0 Å². The molecule has 0 aliphatic rings. The molecule has 0 atom stereocenters. The predicted octanol–water partition coefficient (Wildman–Crippen LogP) is 2.31. The van der Waals surface area contributed by atoms with Crippen LogP contribution in [0.15, 0.2) is 12.3 Å². The first-order valence-electron chi connectivity index (χ1n) is 6.02. The molecule has 7 nitrogen and oxygen atoms in total. The van der Waals surface area contributed by atoms with Crippen molar-refractivity contribution in [1.82, 2.24) is 4.98 Å². The molecule has 19 heavy (non-hydrogen) atoms. The van der Waals surface area contributed by atoms with Crippen LogP contribution in [-0.4, -0.2) is 34.1 Å². The van der Waals surface area contributed by atoms with Crippen LogP contribution in [0.25, 0.3) is 0 Å². The molecule has 1 heterocycles. The van der Waals surface area contributed by atoms with Crippen LogP contribution in [0.2, 0.25) is 0 Å². The highest BCUT2D eigenvalue weighted by atomic mass is 16.6. The molecule has 0 aliphatic carbocycles. The summed E-state index contributed by atoms with van der Waals surface area (Å²) in [6.07, 6.45) is 2.95. The van der Waals surface area contributed by atoms with Gasteiger partial charge in [-0.15, -0.1) is 0 Å². The van der Waals surface area contributed by atoms with Crippen LogP contribution < -0.4 is 4.90 Å². The van der Waals surface area contributed by atoms with Crippen molar-refractivity contribution in [2.24, 2.45) is 0 Å². The topological polar surface area (TPSA) is 96.6 Å². The number of anilines is 1. The summed E-state index contributed by atoms with van der Waals surface area (Å²) in [5.41, 5.74) is 0.294. The molecule has 0 fully saturated rings. The Morgan fingerprint density at radius 2 is 2.11 bits per heavy atom. The summed E-state index contributed by atoms with van der Waals surface area (Å²) in [5, 5.41) is 19.8. The van der Waals surface area contributed by atoms with Crippen molar-refractivity contribution in [1.29, 1.82) is 0 Å². The van der Waals surface area contributed by atoms with E-state index in [2.05, 4.69) is 4.98 Å². The zero-order chi connectivity index (χ0) is 14.6. The van der Waals surface area contributed by atoms with Crippen LogP contribution in [0.4, 0.5) is 11.5 Å². The van der Waals surface area contributed by atoms with Gasteiger partial charge in [-0.05, 0) is 22.7 Å². The van der Waals surface area contributed by atoms with Crippen LogP contribution in [-0.2, 0) is 0 Å². The second kappa shape index (κ2) is 6.12. The summed E-state index contributed by atoms with van der Waals surface area (Å²) in [6, 6.07) is 1.16. The van der Waals surface area contributed by atoms with E-state index in [0.29, 0.717) is 5.69 Å². The number of nitrogens with zero attached hydrogens (tertiary/aromatic N) is 3. The molecule has 0 aromatic carbocycles. The Labute approximate surface area is 111 Å². The van der Waals surface area contributed by atoms with E-state index < -0.39 is 16.7 Å². The fourth-order valence-electron chi connectivity index (χ4n) is 2.02. The lowest BCUT2D eigenvalue weighted by atomic mass is 10.1. The van der Waals surface area contributed by atoms with Crippen molar-refractivity contribution in [3.8, 4) is 0 Å². The Morgan fingerprint density at radius 1 is 1.53 bits per heavy atom. The molecule has 0 unspecified atom stereocenters. The molecule has 1 aromatic heterocycles. The average molecular weight is 267 g/mol. The molecular formula is C12H17N3O4. The van der Waals surface area contributed by atoms with Crippen molar-refractivity contribution >= 4 is 17.5 Å². The smallest absolute Gasteiger partial charge is 0.364 e. The van der Waals surface area contributed by atoms with Gasteiger partial charge in [-0.2, -0.15) is 0 Å². The zero-order valence-corrected chi connectivity index (χ0v) is 11.2. The number of aromatic nitrogens is 1. The Balaban J connectivity index is 3.27. The minimum Gasteiger partial charge on any atom is -0.478 e. The highest BCUT2D eigenvalue weighted by Crippen LogP contribution is 2.25. The first-order valence-corrected chi connectivity index (χ1v) is 6.02. The van der Waals surface area contributed by atoms with Gasteiger partial charge in [0.25, 0.3) is 0 Å². The summed E-state index contributed by atoms with van der Waals surface area (Å²) in [7, 11) is 1.77. The monoisotopic (exact) mass is 267 g/mol. The summed E-state index contributed by atoms with van der Waals surface area (Å²) in [6.45, 7) is 4.01. The molecule has 0 amide bonds. The van der Waals surface area contributed by atoms with Gasteiger partial charge in [0, 0.05) is 13.1 Å². The molecule has 0 aliphatic heterocycles. The number of carbonyl (C=O) groups is 1. The third-order valence-electron chi connectivity index (χ3n) is 3.16. The molecule has 0 saturated carbocycles. The molecule has 1 rings (SSSR count). The number of carboxylic acid groups (broad SMARTS) is 1. The number of hydrogen-bond donors (Lipinski definition) is 1.